The van der Waals surface area contributed by atoms with Gasteiger partial charge in [-0.15, -0.1) is 0 Å². The maximum Gasteiger partial charge on any atom is 0.214 e. The average molecular weight is 212 g/mol. The minimum absolute atomic E-state index is 0.229. The molecule has 2 aliphatic heterocycles. The van der Waals surface area contributed by atoms with E-state index >= 15 is 0 Å². The van der Waals surface area contributed by atoms with Gasteiger partial charge in [-0.25, -0.2) is 0 Å². The first kappa shape index (κ1) is 11.0. The van der Waals surface area contributed by atoms with E-state index in [-0.39, 0.29) is 12.1 Å². The molecule has 2 aliphatic rings. The van der Waals surface area contributed by atoms with Crippen molar-refractivity contribution in [3.05, 3.63) is 4.91 Å². The van der Waals surface area contributed by atoms with Gasteiger partial charge in [-0.2, -0.15) is 0 Å². The van der Waals surface area contributed by atoms with Crippen molar-refractivity contribution in [2.75, 3.05) is 33.2 Å². The van der Waals surface area contributed by atoms with Crippen LogP contribution < -0.4 is 5.32 Å². The number of hydrogen-bond acceptors (Lipinski definition) is 3. The van der Waals surface area contributed by atoms with E-state index in [0.29, 0.717) is 0 Å². The van der Waals surface area contributed by atoms with E-state index in [1.807, 2.05) is 0 Å². The quantitative estimate of drug-likeness (QED) is 0.681. The fourth-order valence-corrected chi connectivity index (χ4v) is 2.60. The maximum absolute atomic E-state index is 12.1. The van der Waals surface area contributed by atoms with E-state index in [9.17, 15) is 4.91 Å². The van der Waals surface area contributed by atoms with E-state index in [2.05, 4.69) is 17.3 Å². The van der Waals surface area contributed by atoms with Gasteiger partial charge in [0.25, 0.3) is 0 Å². The lowest BCUT2D eigenvalue weighted by Crippen LogP contribution is -2.47. The van der Waals surface area contributed by atoms with Gasteiger partial charge in [0.1, 0.15) is 0 Å². The van der Waals surface area contributed by atoms with E-state index in [4.69, 9.17) is 0 Å². The molecule has 0 spiro atoms. The minimum atomic E-state index is 0.229. The number of likely N-dealkylation sites (tertiary alicyclic amines) is 1. The van der Waals surface area contributed by atoms with Gasteiger partial charge in [0.2, 0.25) is 12.1 Å². The Morgan fingerprint density at radius 1 is 1.20 bits per heavy atom. The molecule has 0 aromatic carbocycles. The summed E-state index contributed by atoms with van der Waals surface area (Å²) in [6, 6.07) is 0.498. The molecular formula is C11H22N3O+. The Morgan fingerprint density at radius 3 is 2.53 bits per heavy atom. The Bertz CT molecular complexity index is 218. The largest absolute Gasteiger partial charge is 0.311 e. The van der Waals surface area contributed by atoms with Crippen LogP contribution in [0, 0.1) is 4.91 Å². The third-order valence-corrected chi connectivity index (χ3v) is 3.68. The van der Waals surface area contributed by atoms with Crippen LogP contribution >= 0.6 is 0 Å². The van der Waals surface area contributed by atoms with Crippen molar-refractivity contribution >= 4 is 0 Å². The summed E-state index contributed by atoms with van der Waals surface area (Å²) in [6.07, 6.45) is 4.30. The molecule has 2 saturated heterocycles. The Morgan fingerprint density at radius 2 is 1.93 bits per heavy atom. The summed E-state index contributed by atoms with van der Waals surface area (Å²) in [7, 11) is 2.13. The zero-order chi connectivity index (χ0) is 10.7. The Kier molecular flexibility index (Phi) is 3.70. The Hall–Kier alpha value is -0.480. The number of nitroso groups, excluding NO2 is 1. The summed E-state index contributed by atoms with van der Waals surface area (Å²) in [5.74, 6) is 0. The smallest absolute Gasteiger partial charge is 0.214 e. The number of piperidine rings is 2. The van der Waals surface area contributed by atoms with Crippen molar-refractivity contribution in [3.63, 3.8) is 0 Å². The standard InChI is InChI=1S/C11H22N3O/c1-13-7-4-10(5-8-13)14(15)11-3-2-6-12-9-11/h10-12H,2-9H2,1H3/q+1/t11-/m1/s1. The summed E-state index contributed by atoms with van der Waals surface area (Å²) in [5, 5.41) is 3.31. The summed E-state index contributed by atoms with van der Waals surface area (Å²) < 4.78 is 1.39. The van der Waals surface area contributed by atoms with Crippen molar-refractivity contribution in [3.8, 4) is 0 Å². The molecular weight excluding hydrogens is 190 g/mol. The first-order valence-electron chi connectivity index (χ1n) is 6.12. The van der Waals surface area contributed by atoms with Gasteiger partial charge in [-0.05, 0) is 20.0 Å². The van der Waals surface area contributed by atoms with Gasteiger partial charge < -0.3 is 10.2 Å². The lowest BCUT2D eigenvalue weighted by molar-refractivity contribution is -0.623. The predicted octanol–water partition coefficient (Wildman–Crippen LogP) is 0.611. The number of rotatable bonds is 2. The van der Waals surface area contributed by atoms with Crippen LogP contribution in [0.4, 0.5) is 0 Å². The third-order valence-electron chi connectivity index (χ3n) is 3.68. The zero-order valence-electron chi connectivity index (χ0n) is 9.61. The van der Waals surface area contributed by atoms with Crippen LogP contribution in [0.15, 0.2) is 0 Å². The lowest BCUT2D eigenvalue weighted by atomic mass is 10.0. The van der Waals surface area contributed by atoms with Gasteiger partial charge in [0, 0.05) is 42.0 Å². The van der Waals surface area contributed by atoms with Gasteiger partial charge >= 0.3 is 0 Å². The second-order valence-electron chi connectivity index (χ2n) is 4.89. The third kappa shape index (κ3) is 2.75. The molecule has 15 heavy (non-hydrogen) atoms. The SMILES string of the molecule is CN1CCC([N+](=O)[C@@H]2CCCNC2)CC1. The van der Waals surface area contributed by atoms with Crippen LogP contribution in [-0.2, 0) is 0 Å². The number of nitrogens with one attached hydrogen (secondary N) is 1. The molecule has 0 unspecified atom stereocenters. The molecule has 2 fully saturated rings. The van der Waals surface area contributed by atoms with E-state index in [0.717, 1.165) is 51.9 Å². The van der Waals surface area contributed by atoms with Crippen molar-refractivity contribution in [2.24, 2.45) is 0 Å². The van der Waals surface area contributed by atoms with Crippen LogP contribution in [-0.4, -0.2) is 55.0 Å². The average Bonchev–Trinajstić information content (AvgIpc) is 2.30. The highest BCUT2D eigenvalue weighted by Gasteiger charge is 2.36. The van der Waals surface area contributed by atoms with Crippen molar-refractivity contribution < 1.29 is 4.76 Å². The fraction of sp³-hybridized carbons (Fsp3) is 1.00. The van der Waals surface area contributed by atoms with Gasteiger partial charge in [0.15, 0.2) is 0 Å². The Balaban J connectivity index is 1.84. The minimum Gasteiger partial charge on any atom is -0.311 e. The molecule has 0 amide bonds. The summed E-state index contributed by atoms with van der Waals surface area (Å²) >= 11 is 0. The second kappa shape index (κ2) is 5.03. The normalized spacial score (nSPS) is 30.3. The van der Waals surface area contributed by atoms with E-state index in [1.54, 1.807) is 0 Å². The van der Waals surface area contributed by atoms with E-state index in [1.165, 1.54) is 4.76 Å². The maximum atomic E-state index is 12.1. The highest BCUT2D eigenvalue weighted by Crippen LogP contribution is 2.16. The molecule has 0 aromatic rings. The van der Waals surface area contributed by atoms with Crippen molar-refractivity contribution in [1.82, 2.24) is 10.2 Å². The van der Waals surface area contributed by atoms with Crippen molar-refractivity contribution in [2.45, 2.75) is 37.8 Å². The summed E-state index contributed by atoms with van der Waals surface area (Å²) in [5.41, 5.74) is 0. The first-order valence-corrected chi connectivity index (χ1v) is 6.12. The second-order valence-corrected chi connectivity index (χ2v) is 4.89. The molecule has 0 aromatic heterocycles. The van der Waals surface area contributed by atoms with Crippen LogP contribution in [0.2, 0.25) is 0 Å². The van der Waals surface area contributed by atoms with Gasteiger partial charge in [0.05, 0.1) is 6.54 Å². The molecule has 0 aliphatic carbocycles. The number of nitrogens with zero attached hydrogens (tertiary/aromatic N) is 2. The monoisotopic (exact) mass is 212 g/mol. The summed E-state index contributed by atoms with van der Waals surface area (Å²) in [6.45, 7) is 4.11. The summed E-state index contributed by atoms with van der Waals surface area (Å²) in [4.78, 5) is 14.4. The molecule has 1 atom stereocenters. The van der Waals surface area contributed by atoms with Gasteiger partial charge in [-0.1, -0.05) is 0 Å². The molecule has 86 valence electrons. The molecule has 0 radical (unpaired) electrons. The molecule has 2 rings (SSSR count). The van der Waals surface area contributed by atoms with Crippen LogP contribution in [0.25, 0.3) is 0 Å². The topological polar surface area (TPSA) is 35.4 Å². The first-order chi connectivity index (χ1) is 7.27. The van der Waals surface area contributed by atoms with Crippen LogP contribution in [0.1, 0.15) is 25.7 Å². The molecule has 0 saturated carbocycles. The molecule has 1 N–H and O–H groups in total. The Labute approximate surface area is 91.6 Å². The lowest BCUT2D eigenvalue weighted by Gasteiger charge is -2.27. The predicted molar refractivity (Wildman–Crippen MR) is 60.0 cm³/mol. The number of hydrogen-bond donors (Lipinski definition) is 1. The molecule has 4 nitrogen and oxygen atoms in total. The fourth-order valence-electron chi connectivity index (χ4n) is 2.60. The highest BCUT2D eigenvalue weighted by atomic mass is 16.3. The molecule has 0 bridgehead atoms. The molecule has 2 heterocycles. The van der Waals surface area contributed by atoms with E-state index < -0.39 is 0 Å². The van der Waals surface area contributed by atoms with Crippen molar-refractivity contribution in [1.29, 1.82) is 0 Å². The van der Waals surface area contributed by atoms with Crippen LogP contribution in [0.5, 0.6) is 0 Å². The van der Waals surface area contributed by atoms with Gasteiger partial charge in [-0.3, -0.25) is 0 Å². The highest BCUT2D eigenvalue weighted by molar-refractivity contribution is 4.73. The zero-order valence-corrected chi connectivity index (χ0v) is 9.61. The molecule has 4 heteroatoms. The van der Waals surface area contributed by atoms with Crippen LogP contribution in [0.3, 0.4) is 0 Å².